The van der Waals surface area contributed by atoms with E-state index in [2.05, 4.69) is 36.9 Å². The topological polar surface area (TPSA) is 27.1 Å². The summed E-state index contributed by atoms with van der Waals surface area (Å²) in [5.41, 5.74) is 2.80. The molecule has 1 aliphatic heterocycles. The van der Waals surface area contributed by atoms with Crippen LogP contribution < -0.4 is 0 Å². The van der Waals surface area contributed by atoms with E-state index in [-0.39, 0.29) is 0 Å². The van der Waals surface area contributed by atoms with Crippen LogP contribution in [-0.4, -0.2) is 16.8 Å². The Labute approximate surface area is 110 Å². The van der Waals surface area contributed by atoms with Crippen molar-refractivity contribution in [2.24, 2.45) is 5.41 Å². The summed E-state index contributed by atoms with van der Waals surface area (Å²) in [5, 5.41) is 8.43. The SMILES string of the molecule is CC1(C)CCCCC1N1Cc2ccccc2C1=N. The predicted molar refractivity (Wildman–Crippen MR) is 74.9 cm³/mol. The molecular formula is C16H22N2. The molecule has 18 heavy (non-hydrogen) atoms. The van der Waals surface area contributed by atoms with Gasteiger partial charge in [0.05, 0.1) is 0 Å². The van der Waals surface area contributed by atoms with E-state index in [1.165, 1.54) is 31.2 Å². The molecule has 0 aromatic heterocycles. The minimum atomic E-state index is 0.340. The Morgan fingerprint density at radius 3 is 2.72 bits per heavy atom. The largest absolute Gasteiger partial charge is 0.349 e. The van der Waals surface area contributed by atoms with Crippen molar-refractivity contribution in [2.45, 2.75) is 52.1 Å². The molecule has 1 aromatic rings. The normalized spacial score (nSPS) is 26.2. The minimum absolute atomic E-state index is 0.340. The third-order valence-corrected chi connectivity index (χ3v) is 4.73. The third kappa shape index (κ3) is 1.75. The van der Waals surface area contributed by atoms with Crippen LogP contribution in [0.5, 0.6) is 0 Å². The van der Waals surface area contributed by atoms with Crippen molar-refractivity contribution in [3.63, 3.8) is 0 Å². The summed E-state index contributed by atoms with van der Waals surface area (Å²) in [6, 6.07) is 8.92. The summed E-state index contributed by atoms with van der Waals surface area (Å²) in [5.74, 6) is 0.741. The number of amidine groups is 1. The molecule has 96 valence electrons. The lowest BCUT2D eigenvalue weighted by Gasteiger charge is -2.44. The highest BCUT2D eigenvalue weighted by atomic mass is 15.2. The molecule has 1 heterocycles. The fourth-order valence-corrected chi connectivity index (χ4v) is 3.63. The van der Waals surface area contributed by atoms with Crippen LogP contribution in [0.1, 0.15) is 50.7 Å². The second kappa shape index (κ2) is 4.11. The molecular weight excluding hydrogens is 220 g/mol. The van der Waals surface area contributed by atoms with Crippen molar-refractivity contribution in [3.05, 3.63) is 35.4 Å². The number of fused-ring (bicyclic) bond motifs is 1. The van der Waals surface area contributed by atoms with Gasteiger partial charge in [0.25, 0.3) is 0 Å². The highest BCUT2D eigenvalue weighted by Crippen LogP contribution is 2.41. The zero-order valence-corrected chi connectivity index (χ0v) is 11.4. The molecule has 2 nitrogen and oxygen atoms in total. The molecule has 0 radical (unpaired) electrons. The van der Waals surface area contributed by atoms with Gasteiger partial charge in [0, 0.05) is 18.2 Å². The molecule has 0 spiro atoms. The maximum atomic E-state index is 8.43. The Hall–Kier alpha value is -1.31. The van der Waals surface area contributed by atoms with Crippen molar-refractivity contribution in [1.82, 2.24) is 4.90 Å². The number of benzene rings is 1. The lowest BCUT2D eigenvalue weighted by Crippen LogP contribution is -2.47. The smallest absolute Gasteiger partial charge is 0.128 e. The van der Waals surface area contributed by atoms with Gasteiger partial charge in [0.15, 0.2) is 0 Å². The maximum Gasteiger partial charge on any atom is 0.128 e. The molecule has 1 atom stereocenters. The van der Waals surface area contributed by atoms with E-state index in [1.807, 2.05) is 6.07 Å². The maximum absolute atomic E-state index is 8.43. The number of hydrogen-bond acceptors (Lipinski definition) is 1. The summed E-state index contributed by atoms with van der Waals surface area (Å²) < 4.78 is 0. The Morgan fingerprint density at radius 2 is 2.00 bits per heavy atom. The van der Waals surface area contributed by atoms with Gasteiger partial charge in [-0.05, 0) is 23.8 Å². The second-order valence-corrected chi connectivity index (χ2v) is 6.38. The van der Waals surface area contributed by atoms with E-state index in [0.717, 1.165) is 17.9 Å². The molecule has 0 saturated heterocycles. The van der Waals surface area contributed by atoms with Crippen molar-refractivity contribution in [2.75, 3.05) is 0 Å². The number of rotatable bonds is 1. The Kier molecular flexibility index (Phi) is 2.69. The first-order chi connectivity index (χ1) is 8.59. The fraction of sp³-hybridized carbons (Fsp3) is 0.562. The molecule has 1 N–H and O–H groups in total. The summed E-state index contributed by atoms with van der Waals surface area (Å²) in [6.45, 7) is 5.67. The first kappa shape index (κ1) is 11.8. The van der Waals surface area contributed by atoms with Gasteiger partial charge >= 0.3 is 0 Å². The minimum Gasteiger partial charge on any atom is -0.349 e. The van der Waals surface area contributed by atoms with Gasteiger partial charge in [0.1, 0.15) is 5.84 Å². The molecule has 0 amide bonds. The molecule has 1 fully saturated rings. The highest BCUT2D eigenvalue weighted by Gasteiger charge is 2.40. The van der Waals surface area contributed by atoms with Gasteiger partial charge in [0.2, 0.25) is 0 Å². The first-order valence-corrected chi connectivity index (χ1v) is 7.03. The van der Waals surface area contributed by atoms with Crippen LogP contribution in [0.15, 0.2) is 24.3 Å². The molecule has 3 rings (SSSR count). The average Bonchev–Trinajstić information content (AvgIpc) is 2.67. The Balaban J connectivity index is 1.90. The summed E-state index contributed by atoms with van der Waals surface area (Å²) in [6.07, 6.45) is 5.19. The lowest BCUT2D eigenvalue weighted by molar-refractivity contribution is 0.0964. The fourth-order valence-electron chi connectivity index (χ4n) is 3.63. The summed E-state index contributed by atoms with van der Waals surface area (Å²) >= 11 is 0. The van der Waals surface area contributed by atoms with Crippen molar-refractivity contribution in [1.29, 1.82) is 5.41 Å². The standard InChI is InChI=1S/C16H22N2/c1-16(2)10-6-5-9-14(16)18-11-12-7-3-4-8-13(12)15(18)17/h3-4,7-8,14,17H,5-6,9-11H2,1-2H3. The zero-order valence-electron chi connectivity index (χ0n) is 11.4. The van der Waals surface area contributed by atoms with Crippen LogP contribution in [-0.2, 0) is 6.54 Å². The van der Waals surface area contributed by atoms with E-state index < -0.39 is 0 Å². The molecule has 1 unspecified atom stereocenters. The van der Waals surface area contributed by atoms with E-state index >= 15 is 0 Å². The van der Waals surface area contributed by atoms with Crippen LogP contribution >= 0.6 is 0 Å². The van der Waals surface area contributed by atoms with E-state index in [1.54, 1.807) is 0 Å². The van der Waals surface area contributed by atoms with Crippen molar-refractivity contribution in [3.8, 4) is 0 Å². The van der Waals surface area contributed by atoms with Crippen LogP contribution in [0.4, 0.5) is 0 Å². The van der Waals surface area contributed by atoms with Gasteiger partial charge in [-0.25, -0.2) is 0 Å². The second-order valence-electron chi connectivity index (χ2n) is 6.38. The third-order valence-electron chi connectivity index (χ3n) is 4.73. The van der Waals surface area contributed by atoms with Crippen molar-refractivity contribution >= 4 is 5.84 Å². The Morgan fingerprint density at radius 1 is 1.22 bits per heavy atom. The van der Waals surface area contributed by atoms with Gasteiger partial charge in [-0.3, -0.25) is 5.41 Å². The zero-order chi connectivity index (χ0) is 12.8. The summed E-state index contributed by atoms with van der Waals surface area (Å²) in [4.78, 5) is 2.34. The van der Waals surface area contributed by atoms with Gasteiger partial charge in [-0.1, -0.05) is 51.0 Å². The number of nitrogens with one attached hydrogen (secondary N) is 1. The molecule has 1 aliphatic carbocycles. The van der Waals surface area contributed by atoms with E-state index in [0.29, 0.717) is 11.5 Å². The molecule has 1 aromatic carbocycles. The summed E-state index contributed by atoms with van der Waals surface area (Å²) in [7, 11) is 0. The van der Waals surface area contributed by atoms with Crippen LogP contribution in [0.2, 0.25) is 0 Å². The number of hydrogen-bond donors (Lipinski definition) is 1. The first-order valence-electron chi connectivity index (χ1n) is 7.03. The highest BCUT2D eigenvalue weighted by molar-refractivity contribution is 6.00. The monoisotopic (exact) mass is 242 g/mol. The Bertz CT molecular complexity index is 476. The van der Waals surface area contributed by atoms with E-state index in [4.69, 9.17) is 5.41 Å². The van der Waals surface area contributed by atoms with Crippen LogP contribution in [0, 0.1) is 10.8 Å². The van der Waals surface area contributed by atoms with Crippen molar-refractivity contribution < 1.29 is 0 Å². The van der Waals surface area contributed by atoms with Crippen LogP contribution in [0.25, 0.3) is 0 Å². The van der Waals surface area contributed by atoms with E-state index in [9.17, 15) is 0 Å². The number of nitrogens with zero attached hydrogens (tertiary/aromatic N) is 1. The molecule has 1 saturated carbocycles. The van der Waals surface area contributed by atoms with Gasteiger partial charge in [-0.2, -0.15) is 0 Å². The predicted octanol–water partition coefficient (Wildman–Crippen LogP) is 3.80. The molecule has 2 aliphatic rings. The van der Waals surface area contributed by atoms with Gasteiger partial charge in [-0.15, -0.1) is 0 Å². The average molecular weight is 242 g/mol. The van der Waals surface area contributed by atoms with Crippen LogP contribution in [0.3, 0.4) is 0 Å². The lowest BCUT2D eigenvalue weighted by atomic mass is 9.72. The molecule has 0 bridgehead atoms. The van der Waals surface area contributed by atoms with Gasteiger partial charge < -0.3 is 4.90 Å². The quantitative estimate of drug-likeness (QED) is 0.797. The molecule has 2 heteroatoms.